The van der Waals surface area contributed by atoms with Crippen molar-refractivity contribution >= 4 is 41.0 Å². The summed E-state index contributed by atoms with van der Waals surface area (Å²) >= 11 is 3.43. The predicted molar refractivity (Wildman–Crippen MR) is 86.7 cm³/mol. The van der Waals surface area contributed by atoms with Crippen molar-refractivity contribution in [3.05, 3.63) is 29.8 Å². The topological polar surface area (TPSA) is 97.4 Å². The molecule has 0 aliphatic heterocycles. The van der Waals surface area contributed by atoms with Crippen LogP contribution < -0.4 is 5.73 Å². The molecule has 0 saturated heterocycles. The van der Waals surface area contributed by atoms with Gasteiger partial charge in [0.05, 0.1) is 0 Å². The summed E-state index contributed by atoms with van der Waals surface area (Å²) in [7, 11) is 0. The standard InChI is InChI=1S/C13H12N4S3/c14-8-18-5-13(6-19-9-15,7-20-10-16)11-1-3-12(17)4-2-11/h1-4H,5-7,17H2. The number of nitrogens with two attached hydrogens (primary N) is 1. The molecule has 0 aliphatic carbocycles. The molecule has 0 heterocycles. The minimum absolute atomic E-state index is 0.394. The van der Waals surface area contributed by atoms with Gasteiger partial charge in [-0.2, -0.15) is 15.8 Å². The Balaban J connectivity index is 3.12. The lowest BCUT2D eigenvalue weighted by molar-refractivity contribution is 0.629. The number of anilines is 1. The van der Waals surface area contributed by atoms with E-state index in [9.17, 15) is 0 Å². The zero-order chi connectivity index (χ0) is 14.8. The number of rotatable bonds is 7. The summed E-state index contributed by atoms with van der Waals surface area (Å²) < 4.78 is 0. The number of hydrogen-bond acceptors (Lipinski definition) is 7. The Morgan fingerprint density at radius 1 is 0.850 bits per heavy atom. The van der Waals surface area contributed by atoms with Crippen LogP contribution in [-0.4, -0.2) is 17.3 Å². The van der Waals surface area contributed by atoms with Crippen LogP contribution in [0, 0.1) is 32.0 Å². The number of thiocyanates is 3. The van der Waals surface area contributed by atoms with Crippen LogP contribution in [0.2, 0.25) is 0 Å². The third kappa shape index (κ3) is 4.58. The van der Waals surface area contributed by atoms with Crippen LogP contribution >= 0.6 is 35.3 Å². The summed E-state index contributed by atoms with van der Waals surface area (Å²) in [6.45, 7) is 0. The first-order chi connectivity index (χ1) is 9.68. The average Bonchev–Trinajstić information content (AvgIpc) is 2.48. The van der Waals surface area contributed by atoms with Crippen LogP contribution in [0.4, 0.5) is 5.69 Å². The molecule has 1 rings (SSSR count). The van der Waals surface area contributed by atoms with E-state index in [1.165, 1.54) is 0 Å². The zero-order valence-corrected chi connectivity index (χ0v) is 13.0. The fourth-order valence-corrected chi connectivity index (χ4v) is 4.25. The molecule has 0 amide bonds. The summed E-state index contributed by atoms with van der Waals surface area (Å²) in [6.07, 6.45) is 0. The Kier molecular flexibility index (Phi) is 7.18. The van der Waals surface area contributed by atoms with E-state index in [0.29, 0.717) is 22.9 Å². The summed E-state index contributed by atoms with van der Waals surface area (Å²) in [6, 6.07) is 7.41. The van der Waals surface area contributed by atoms with Crippen LogP contribution in [-0.2, 0) is 5.41 Å². The van der Waals surface area contributed by atoms with Crippen molar-refractivity contribution in [3.63, 3.8) is 0 Å². The van der Waals surface area contributed by atoms with E-state index in [-0.39, 0.29) is 0 Å². The number of nitrogen functional groups attached to an aromatic ring is 1. The van der Waals surface area contributed by atoms with Crippen molar-refractivity contribution in [2.75, 3.05) is 23.0 Å². The molecule has 0 bridgehead atoms. The molecule has 0 saturated carbocycles. The van der Waals surface area contributed by atoms with Gasteiger partial charge in [0.2, 0.25) is 0 Å². The minimum Gasteiger partial charge on any atom is -0.399 e. The van der Waals surface area contributed by atoms with Gasteiger partial charge in [-0.15, -0.1) is 0 Å². The maximum absolute atomic E-state index is 8.82. The second-order valence-electron chi connectivity index (χ2n) is 4.04. The van der Waals surface area contributed by atoms with Crippen molar-refractivity contribution in [2.24, 2.45) is 0 Å². The van der Waals surface area contributed by atoms with Crippen LogP contribution in [0.1, 0.15) is 5.56 Å². The Hall–Kier alpha value is -1.46. The van der Waals surface area contributed by atoms with Crippen molar-refractivity contribution < 1.29 is 0 Å². The Morgan fingerprint density at radius 3 is 1.60 bits per heavy atom. The fourth-order valence-electron chi connectivity index (χ4n) is 1.72. The highest BCUT2D eigenvalue weighted by Gasteiger charge is 2.33. The van der Waals surface area contributed by atoms with Crippen LogP contribution in [0.25, 0.3) is 0 Å². The van der Waals surface area contributed by atoms with Gasteiger partial charge in [-0.3, -0.25) is 0 Å². The van der Waals surface area contributed by atoms with Gasteiger partial charge >= 0.3 is 0 Å². The van der Waals surface area contributed by atoms with Gasteiger partial charge in [-0.05, 0) is 53.0 Å². The Labute approximate surface area is 131 Å². The number of hydrogen-bond donors (Lipinski definition) is 1. The van der Waals surface area contributed by atoms with Crippen LogP contribution in [0.5, 0.6) is 0 Å². The van der Waals surface area contributed by atoms with Gasteiger partial charge in [0.25, 0.3) is 0 Å². The van der Waals surface area contributed by atoms with Gasteiger partial charge < -0.3 is 5.73 Å². The maximum Gasteiger partial charge on any atom is 0.133 e. The van der Waals surface area contributed by atoms with Crippen LogP contribution in [0.3, 0.4) is 0 Å². The van der Waals surface area contributed by atoms with Gasteiger partial charge in [0.15, 0.2) is 0 Å². The van der Waals surface area contributed by atoms with Crippen molar-refractivity contribution in [2.45, 2.75) is 5.41 Å². The first-order valence-corrected chi connectivity index (χ1v) is 8.53. The first kappa shape index (κ1) is 16.6. The van der Waals surface area contributed by atoms with Crippen molar-refractivity contribution in [1.82, 2.24) is 0 Å². The molecule has 0 radical (unpaired) electrons. The molecule has 4 nitrogen and oxygen atoms in total. The highest BCUT2D eigenvalue weighted by atomic mass is 32.2. The lowest BCUT2D eigenvalue weighted by Crippen LogP contribution is -2.35. The second kappa shape index (κ2) is 8.66. The minimum atomic E-state index is -0.394. The smallest absolute Gasteiger partial charge is 0.133 e. The third-order valence-electron chi connectivity index (χ3n) is 2.76. The lowest BCUT2D eigenvalue weighted by atomic mass is 9.86. The summed E-state index contributed by atoms with van der Waals surface area (Å²) in [5.41, 5.74) is 6.97. The summed E-state index contributed by atoms with van der Waals surface area (Å²) in [5.74, 6) is 1.62. The van der Waals surface area contributed by atoms with Crippen molar-refractivity contribution in [3.8, 4) is 16.2 Å². The highest BCUT2D eigenvalue weighted by molar-refractivity contribution is 8.05. The largest absolute Gasteiger partial charge is 0.399 e. The second-order valence-corrected chi connectivity index (χ2v) is 6.32. The number of nitriles is 3. The molecule has 1 aromatic rings. The molecule has 20 heavy (non-hydrogen) atoms. The Morgan fingerprint density at radius 2 is 1.25 bits per heavy atom. The molecule has 1 aromatic carbocycles. The number of nitrogens with zero attached hydrogens (tertiary/aromatic N) is 3. The average molecular weight is 320 g/mol. The van der Waals surface area contributed by atoms with Gasteiger partial charge in [-0.1, -0.05) is 12.1 Å². The molecular weight excluding hydrogens is 308 g/mol. The number of benzene rings is 1. The third-order valence-corrected chi connectivity index (χ3v) is 5.24. The van der Waals surface area contributed by atoms with E-state index in [4.69, 9.17) is 21.5 Å². The normalized spacial score (nSPS) is 10.2. The van der Waals surface area contributed by atoms with E-state index in [1.807, 2.05) is 12.1 Å². The Bertz CT molecular complexity index is 505. The molecular formula is C13H12N4S3. The van der Waals surface area contributed by atoms with E-state index >= 15 is 0 Å². The monoisotopic (exact) mass is 320 g/mol. The molecule has 0 spiro atoms. The molecule has 0 aromatic heterocycles. The highest BCUT2D eigenvalue weighted by Crippen LogP contribution is 2.35. The predicted octanol–water partition coefficient (Wildman–Crippen LogP) is 3.15. The first-order valence-electron chi connectivity index (χ1n) is 5.57. The summed E-state index contributed by atoms with van der Waals surface area (Å²) in [4.78, 5) is 0. The fraction of sp³-hybridized carbons (Fsp3) is 0.308. The molecule has 0 fully saturated rings. The maximum atomic E-state index is 8.82. The van der Waals surface area contributed by atoms with E-state index in [2.05, 4.69) is 16.2 Å². The molecule has 0 atom stereocenters. The SMILES string of the molecule is N#CSCC(CSC#N)(CSC#N)c1ccc(N)cc1. The lowest BCUT2D eigenvalue weighted by Gasteiger charge is -2.31. The molecule has 102 valence electrons. The van der Waals surface area contributed by atoms with Crippen LogP contribution in [0.15, 0.2) is 24.3 Å². The van der Waals surface area contributed by atoms with E-state index in [1.54, 1.807) is 12.1 Å². The van der Waals surface area contributed by atoms with Crippen molar-refractivity contribution in [1.29, 1.82) is 15.8 Å². The molecule has 7 heteroatoms. The van der Waals surface area contributed by atoms with Gasteiger partial charge in [0.1, 0.15) is 16.2 Å². The zero-order valence-electron chi connectivity index (χ0n) is 10.6. The van der Waals surface area contributed by atoms with E-state index < -0.39 is 5.41 Å². The molecule has 0 unspecified atom stereocenters. The number of thioether (sulfide) groups is 3. The molecule has 0 aliphatic rings. The van der Waals surface area contributed by atoms with Gasteiger partial charge in [0, 0.05) is 28.4 Å². The van der Waals surface area contributed by atoms with E-state index in [0.717, 1.165) is 40.8 Å². The summed E-state index contributed by atoms with van der Waals surface area (Å²) in [5, 5.41) is 32.7. The quantitative estimate of drug-likeness (QED) is 0.608. The van der Waals surface area contributed by atoms with Gasteiger partial charge in [-0.25, -0.2) is 0 Å². The molecule has 2 N–H and O–H groups in total.